The second-order valence-corrected chi connectivity index (χ2v) is 3.06. The van der Waals surface area contributed by atoms with Crippen molar-refractivity contribution in [1.29, 1.82) is 0 Å². The predicted octanol–water partition coefficient (Wildman–Crippen LogP) is 1.08. The summed E-state index contributed by atoms with van der Waals surface area (Å²) in [6, 6.07) is 0. The Kier molecular flexibility index (Phi) is 7.29. The molecule has 0 heterocycles. The minimum atomic E-state index is 0. The number of hydrogen-bond donors (Lipinski definition) is 3. The number of amides is 1. The fourth-order valence-corrected chi connectivity index (χ4v) is 0.970. The predicted molar refractivity (Wildman–Crippen MR) is 56.6 cm³/mol. The Balaban J connectivity index is -0.000000449. The summed E-state index contributed by atoms with van der Waals surface area (Å²) in [5.74, 6) is 0.768. The van der Waals surface area contributed by atoms with Crippen LogP contribution in [0.3, 0.4) is 0 Å². The Morgan fingerprint density at radius 2 is 2.33 bits per heavy atom. The second-order valence-electron chi connectivity index (χ2n) is 2.61. The minimum absolute atomic E-state index is 0. The number of aliphatic hydroxyl groups excluding tert-OH is 1. The lowest BCUT2D eigenvalue weighted by atomic mass is 10.2. The molecule has 0 saturated carbocycles. The van der Waals surface area contributed by atoms with Crippen LogP contribution >= 0.6 is 12.6 Å². The monoisotopic (exact) mass is 200 g/mol. The molecule has 1 amide bonds. The molecule has 0 spiro atoms. The van der Waals surface area contributed by atoms with Gasteiger partial charge in [-0.3, -0.25) is 4.79 Å². The average molecular weight is 200 g/mol. The van der Waals surface area contributed by atoms with Crippen LogP contribution in [-0.4, -0.2) is 29.9 Å². The normalized spacial score (nSPS) is 10.5. The van der Waals surface area contributed by atoms with Gasteiger partial charge in [-0.25, -0.2) is 0 Å². The van der Waals surface area contributed by atoms with Gasteiger partial charge in [0.1, 0.15) is 0 Å². The SMILES string of the molecule is O=C(CCCCCO)NCCS.[2H][3H].[3HH]. The highest BCUT2D eigenvalue weighted by atomic mass is 32.1. The lowest BCUT2D eigenvalue weighted by molar-refractivity contribution is -0.121. The largest absolute Gasteiger partial charge is 0.396 e. The van der Waals surface area contributed by atoms with E-state index in [1.807, 2.05) is 0 Å². The topological polar surface area (TPSA) is 49.3 Å². The van der Waals surface area contributed by atoms with Crippen molar-refractivity contribution in [2.24, 2.45) is 0 Å². The van der Waals surface area contributed by atoms with Gasteiger partial charge in [-0.1, -0.05) is 6.42 Å². The molecule has 0 radical (unpaired) electrons. The number of thiol groups is 1. The van der Waals surface area contributed by atoms with Crippen LogP contribution in [0.2, 0.25) is 0 Å². The maximum Gasteiger partial charge on any atom is 0.220 e. The summed E-state index contributed by atoms with van der Waals surface area (Å²) >= 11 is 3.97. The molecule has 0 rings (SSSR count). The summed E-state index contributed by atoms with van der Waals surface area (Å²) in [6.45, 7) is 0.861. The van der Waals surface area contributed by atoms with Crippen LogP contribution in [0.1, 0.15) is 30.1 Å². The highest BCUT2D eigenvalue weighted by Crippen LogP contribution is 1.98. The quantitative estimate of drug-likeness (QED) is 0.425. The first-order chi connectivity index (χ1) is 6.81. The van der Waals surface area contributed by atoms with Crippen molar-refractivity contribution >= 4 is 18.5 Å². The lowest BCUT2D eigenvalue weighted by Crippen LogP contribution is -2.24. The number of carbonyl (C=O) groups is 1. The van der Waals surface area contributed by atoms with Crippen molar-refractivity contribution in [2.75, 3.05) is 18.9 Å². The van der Waals surface area contributed by atoms with Crippen molar-refractivity contribution in [3.63, 3.8) is 0 Å². The van der Waals surface area contributed by atoms with E-state index in [2.05, 4.69) is 17.9 Å². The van der Waals surface area contributed by atoms with Gasteiger partial charge in [0.05, 0.1) is 0 Å². The first-order valence-corrected chi connectivity index (χ1v) is 4.93. The van der Waals surface area contributed by atoms with Crippen molar-refractivity contribution < 1.29 is 14.3 Å². The summed E-state index contributed by atoms with van der Waals surface area (Å²) in [5.41, 5.74) is 0. The zero-order valence-corrected chi connectivity index (χ0v) is 8.15. The molecule has 2 N–H and O–H groups in total. The molecule has 3 nitrogen and oxygen atoms in total. The van der Waals surface area contributed by atoms with E-state index < -0.39 is 0 Å². The first-order valence-electron chi connectivity index (χ1n) is 5.29. The van der Waals surface area contributed by atoms with Gasteiger partial charge >= 0.3 is 0 Å². The molecule has 0 unspecified atom stereocenters. The molecule has 0 aliphatic rings. The maximum absolute atomic E-state index is 11.0. The van der Waals surface area contributed by atoms with Gasteiger partial charge < -0.3 is 10.4 Å². The highest BCUT2D eigenvalue weighted by molar-refractivity contribution is 7.80. The molecule has 0 aromatic carbocycles. The Hall–Kier alpha value is -0.220. The van der Waals surface area contributed by atoms with Gasteiger partial charge in [-0.15, -0.1) is 0 Å². The van der Waals surface area contributed by atoms with Crippen LogP contribution in [-0.2, 0) is 4.79 Å². The summed E-state index contributed by atoms with van der Waals surface area (Å²) in [7, 11) is 0. The molecule has 0 saturated heterocycles. The van der Waals surface area contributed by atoms with Crippen LogP contribution in [0.4, 0.5) is 0 Å². The zero-order valence-electron chi connectivity index (χ0n) is 9.25. The van der Waals surface area contributed by atoms with E-state index in [1.165, 1.54) is 0 Å². The molecule has 0 aliphatic carbocycles. The molecule has 0 aromatic rings. The molecule has 0 atom stereocenters. The number of rotatable bonds is 7. The molecular weight excluding hydrogens is 174 g/mol. The van der Waals surface area contributed by atoms with Gasteiger partial charge in [0.15, 0.2) is 0 Å². The first kappa shape index (κ1) is 9.86. The molecule has 4 heteroatoms. The molecular formula is C8H21NO2S. The van der Waals surface area contributed by atoms with Crippen molar-refractivity contribution in [3.05, 3.63) is 0 Å². The molecule has 76 valence electrons. The van der Waals surface area contributed by atoms with E-state index in [9.17, 15) is 4.79 Å². The second kappa shape index (κ2) is 8.87. The number of aliphatic hydroxyl groups is 1. The van der Waals surface area contributed by atoms with E-state index in [1.54, 1.807) is 0 Å². The van der Waals surface area contributed by atoms with E-state index in [0.717, 1.165) is 19.3 Å². The Bertz CT molecular complexity index is 130. The van der Waals surface area contributed by atoms with Gasteiger partial charge in [0.2, 0.25) is 5.91 Å². The fraction of sp³-hybridized carbons (Fsp3) is 0.875. The van der Waals surface area contributed by atoms with Crippen LogP contribution < -0.4 is 5.32 Å². The van der Waals surface area contributed by atoms with E-state index >= 15 is 0 Å². The molecule has 0 bridgehead atoms. The molecule has 0 aromatic heterocycles. The standard InChI is InChI=1S/C8H17NO2S.2H2/c10-6-3-1-2-4-8(11)9-5-7-12;;/h10,12H,1-7H2,(H,9,11);2*1H/i;1+2D;1+2. The van der Waals surface area contributed by atoms with Crippen molar-refractivity contribution in [1.82, 2.24) is 5.32 Å². The van der Waals surface area contributed by atoms with Gasteiger partial charge in [0, 0.05) is 29.7 Å². The molecule has 0 fully saturated rings. The Labute approximate surface area is 83.5 Å². The van der Waals surface area contributed by atoms with Crippen LogP contribution in [0.25, 0.3) is 0 Å². The van der Waals surface area contributed by atoms with Crippen LogP contribution in [0.15, 0.2) is 0 Å². The third-order valence-corrected chi connectivity index (χ3v) is 1.72. The summed E-state index contributed by atoms with van der Waals surface area (Å²) in [5, 5.41) is 11.2. The van der Waals surface area contributed by atoms with Gasteiger partial charge in [-0.2, -0.15) is 12.6 Å². The highest BCUT2D eigenvalue weighted by Gasteiger charge is 1.98. The minimum Gasteiger partial charge on any atom is -0.396 e. The van der Waals surface area contributed by atoms with Crippen LogP contribution in [0.5, 0.6) is 0 Å². The Morgan fingerprint density at radius 3 is 2.92 bits per heavy atom. The zero-order chi connectivity index (χ0) is 11.2. The summed E-state index contributed by atoms with van der Waals surface area (Å²) in [6.07, 6.45) is 3.14. The molecule has 0 aliphatic heterocycles. The maximum atomic E-state index is 11.0. The van der Waals surface area contributed by atoms with E-state index in [-0.39, 0.29) is 13.9 Å². The number of carbonyl (C=O) groups excluding carboxylic acids is 1. The number of nitrogens with one attached hydrogen (secondary N) is 1. The number of hydrogen-bond acceptors (Lipinski definition) is 3. The van der Waals surface area contributed by atoms with Gasteiger partial charge in [0.25, 0.3) is 0 Å². The molecule has 12 heavy (non-hydrogen) atoms. The number of unbranched alkanes of at least 4 members (excludes halogenated alkanes) is 2. The fourth-order valence-electron chi connectivity index (χ4n) is 0.858. The third kappa shape index (κ3) is 7.88. The summed E-state index contributed by atoms with van der Waals surface area (Å²) < 4.78 is 10.0. The van der Waals surface area contributed by atoms with Crippen molar-refractivity contribution in [3.8, 4) is 0 Å². The van der Waals surface area contributed by atoms with Crippen LogP contribution in [0, 0.1) is 0 Å². The summed E-state index contributed by atoms with van der Waals surface area (Å²) in [4.78, 5) is 11.0. The van der Waals surface area contributed by atoms with Crippen molar-refractivity contribution in [2.45, 2.75) is 25.7 Å². The van der Waals surface area contributed by atoms with E-state index in [4.69, 9.17) is 8.08 Å². The Morgan fingerprint density at radius 1 is 1.58 bits per heavy atom. The lowest BCUT2D eigenvalue weighted by Gasteiger charge is -2.01. The smallest absolute Gasteiger partial charge is 0.220 e. The van der Waals surface area contributed by atoms with E-state index in [0.29, 0.717) is 18.7 Å². The van der Waals surface area contributed by atoms with Gasteiger partial charge in [-0.05, 0) is 12.8 Å². The third-order valence-electron chi connectivity index (χ3n) is 1.50. The average Bonchev–Trinajstić information content (AvgIpc) is 2.24.